The maximum absolute atomic E-state index is 4.42. The summed E-state index contributed by atoms with van der Waals surface area (Å²) in [6, 6.07) is 9.40. The van der Waals surface area contributed by atoms with Crippen molar-refractivity contribution in [2.24, 2.45) is 0 Å². The first-order valence-corrected chi connectivity index (χ1v) is 7.71. The highest BCUT2D eigenvalue weighted by molar-refractivity contribution is 7.09. The van der Waals surface area contributed by atoms with Gasteiger partial charge in [-0.2, -0.15) is 0 Å². The second kappa shape index (κ2) is 6.83. The minimum absolute atomic E-state index is 0.495. The lowest BCUT2D eigenvalue weighted by atomic mass is 9.95. The standard InChI is InChI=1S/C16H22N2S/c1-12(2)18-11-15(10-16-17-8-9-19-16)14-6-4-13(3)5-7-14/h4-9,12,15,18H,10-11H2,1-3H3. The zero-order valence-corrected chi connectivity index (χ0v) is 12.7. The van der Waals surface area contributed by atoms with Gasteiger partial charge in [-0.1, -0.05) is 43.7 Å². The Kier molecular flexibility index (Phi) is 5.11. The summed E-state index contributed by atoms with van der Waals surface area (Å²) in [7, 11) is 0. The smallest absolute Gasteiger partial charge is 0.0931 e. The van der Waals surface area contributed by atoms with E-state index in [0.29, 0.717) is 12.0 Å². The summed E-state index contributed by atoms with van der Waals surface area (Å²) < 4.78 is 0. The predicted octanol–water partition coefficient (Wildman–Crippen LogP) is 3.78. The number of benzene rings is 1. The van der Waals surface area contributed by atoms with E-state index in [1.54, 1.807) is 11.3 Å². The van der Waals surface area contributed by atoms with Crippen molar-refractivity contribution in [2.75, 3.05) is 6.54 Å². The fourth-order valence-corrected chi connectivity index (χ4v) is 2.79. The highest BCUT2D eigenvalue weighted by Crippen LogP contribution is 2.22. The van der Waals surface area contributed by atoms with Gasteiger partial charge in [0.25, 0.3) is 0 Å². The van der Waals surface area contributed by atoms with Gasteiger partial charge in [0.1, 0.15) is 0 Å². The fourth-order valence-electron chi connectivity index (χ4n) is 2.09. The van der Waals surface area contributed by atoms with Crippen LogP contribution in [0.4, 0.5) is 0 Å². The molecule has 0 radical (unpaired) electrons. The molecular weight excluding hydrogens is 252 g/mol. The van der Waals surface area contributed by atoms with Crippen LogP contribution in [0.2, 0.25) is 0 Å². The van der Waals surface area contributed by atoms with Crippen LogP contribution in [0.25, 0.3) is 0 Å². The number of aryl methyl sites for hydroxylation is 1. The van der Waals surface area contributed by atoms with Gasteiger partial charge >= 0.3 is 0 Å². The first-order valence-electron chi connectivity index (χ1n) is 6.83. The summed E-state index contributed by atoms with van der Waals surface area (Å²) in [5.41, 5.74) is 2.71. The van der Waals surface area contributed by atoms with Crippen LogP contribution in [0.3, 0.4) is 0 Å². The summed E-state index contributed by atoms with van der Waals surface area (Å²) in [6.45, 7) is 7.51. The van der Waals surface area contributed by atoms with Gasteiger partial charge in [-0.15, -0.1) is 11.3 Å². The molecule has 0 aliphatic carbocycles. The molecule has 0 saturated carbocycles. The normalized spacial score (nSPS) is 12.8. The second-order valence-corrected chi connectivity index (χ2v) is 6.28. The van der Waals surface area contributed by atoms with E-state index in [0.717, 1.165) is 13.0 Å². The van der Waals surface area contributed by atoms with E-state index in [1.807, 2.05) is 6.20 Å². The molecule has 1 heterocycles. The summed E-state index contributed by atoms with van der Waals surface area (Å²) >= 11 is 1.74. The Balaban J connectivity index is 2.11. The van der Waals surface area contributed by atoms with E-state index >= 15 is 0 Å². The molecule has 2 rings (SSSR count). The maximum atomic E-state index is 4.42. The number of hydrogen-bond acceptors (Lipinski definition) is 3. The SMILES string of the molecule is Cc1ccc(C(CNC(C)C)Cc2nccs2)cc1. The molecule has 1 N–H and O–H groups in total. The maximum Gasteiger partial charge on any atom is 0.0931 e. The number of hydrogen-bond donors (Lipinski definition) is 1. The number of rotatable bonds is 6. The highest BCUT2D eigenvalue weighted by atomic mass is 32.1. The summed E-state index contributed by atoms with van der Waals surface area (Å²) in [4.78, 5) is 4.42. The van der Waals surface area contributed by atoms with Crippen molar-refractivity contribution in [1.29, 1.82) is 0 Å². The van der Waals surface area contributed by atoms with E-state index in [4.69, 9.17) is 0 Å². The molecule has 102 valence electrons. The van der Waals surface area contributed by atoms with Gasteiger partial charge in [0.15, 0.2) is 0 Å². The predicted molar refractivity (Wildman–Crippen MR) is 82.9 cm³/mol. The lowest BCUT2D eigenvalue weighted by molar-refractivity contribution is 0.526. The molecule has 1 atom stereocenters. The first kappa shape index (κ1) is 14.2. The van der Waals surface area contributed by atoms with E-state index in [1.165, 1.54) is 16.1 Å². The molecular formula is C16H22N2S. The average Bonchev–Trinajstić information content (AvgIpc) is 2.88. The summed E-state index contributed by atoms with van der Waals surface area (Å²) in [5, 5.41) is 6.82. The first-order chi connectivity index (χ1) is 9.15. The molecule has 1 aromatic carbocycles. The van der Waals surface area contributed by atoms with Crippen molar-refractivity contribution >= 4 is 11.3 Å². The van der Waals surface area contributed by atoms with Crippen LogP contribution >= 0.6 is 11.3 Å². The minimum Gasteiger partial charge on any atom is -0.314 e. The molecule has 0 amide bonds. The Hall–Kier alpha value is -1.19. The largest absolute Gasteiger partial charge is 0.314 e. The molecule has 3 heteroatoms. The van der Waals surface area contributed by atoms with E-state index in [9.17, 15) is 0 Å². The minimum atomic E-state index is 0.495. The quantitative estimate of drug-likeness (QED) is 0.867. The number of nitrogens with zero attached hydrogens (tertiary/aromatic N) is 1. The zero-order valence-electron chi connectivity index (χ0n) is 11.9. The van der Waals surface area contributed by atoms with Gasteiger partial charge in [0.05, 0.1) is 5.01 Å². The second-order valence-electron chi connectivity index (χ2n) is 5.30. The van der Waals surface area contributed by atoms with E-state index in [-0.39, 0.29) is 0 Å². The van der Waals surface area contributed by atoms with E-state index < -0.39 is 0 Å². The molecule has 0 saturated heterocycles. The Bertz CT molecular complexity index is 474. The zero-order chi connectivity index (χ0) is 13.7. The fraction of sp³-hybridized carbons (Fsp3) is 0.438. The van der Waals surface area contributed by atoms with Crippen LogP contribution in [0.1, 0.15) is 35.9 Å². The number of aromatic nitrogens is 1. The molecule has 0 spiro atoms. The van der Waals surface area contributed by atoms with Crippen LogP contribution in [0.5, 0.6) is 0 Å². The summed E-state index contributed by atoms with van der Waals surface area (Å²) in [6.07, 6.45) is 2.91. The lowest BCUT2D eigenvalue weighted by Crippen LogP contribution is -2.28. The van der Waals surface area contributed by atoms with Gasteiger partial charge in [0.2, 0.25) is 0 Å². The van der Waals surface area contributed by atoms with Gasteiger partial charge in [0, 0.05) is 36.5 Å². The van der Waals surface area contributed by atoms with Crippen molar-refractivity contribution < 1.29 is 0 Å². The Morgan fingerprint density at radius 3 is 2.53 bits per heavy atom. The van der Waals surface area contributed by atoms with Crippen molar-refractivity contribution in [1.82, 2.24) is 10.3 Å². The highest BCUT2D eigenvalue weighted by Gasteiger charge is 2.14. The Morgan fingerprint density at radius 1 is 1.21 bits per heavy atom. The average molecular weight is 274 g/mol. The molecule has 2 aromatic rings. The molecule has 0 fully saturated rings. The summed E-state index contributed by atoms with van der Waals surface area (Å²) in [5.74, 6) is 0.495. The lowest BCUT2D eigenvalue weighted by Gasteiger charge is -2.19. The molecule has 0 aliphatic heterocycles. The Morgan fingerprint density at radius 2 is 1.95 bits per heavy atom. The third-order valence-electron chi connectivity index (χ3n) is 3.23. The van der Waals surface area contributed by atoms with Crippen molar-refractivity contribution in [3.05, 3.63) is 52.0 Å². The van der Waals surface area contributed by atoms with Crippen LogP contribution < -0.4 is 5.32 Å². The number of thiazole rings is 1. The molecule has 19 heavy (non-hydrogen) atoms. The van der Waals surface area contributed by atoms with Gasteiger partial charge in [-0.05, 0) is 12.5 Å². The Labute approximate surface area is 119 Å². The molecule has 1 aromatic heterocycles. The molecule has 0 bridgehead atoms. The topological polar surface area (TPSA) is 24.9 Å². The third kappa shape index (κ3) is 4.44. The van der Waals surface area contributed by atoms with Crippen LogP contribution in [0.15, 0.2) is 35.8 Å². The van der Waals surface area contributed by atoms with Gasteiger partial charge < -0.3 is 5.32 Å². The van der Waals surface area contributed by atoms with Crippen LogP contribution in [-0.2, 0) is 6.42 Å². The molecule has 1 unspecified atom stereocenters. The monoisotopic (exact) mass is 274 g/mol. The van der Waals surface area contributed by atoms with Crippen molar-refractivity contribution in [2.45, 2.75) is 39.2 Å². The van der Waals surface area contributed by atoms with Crippen molar-refractivity contribution in [3.8, 4) is 0 Å². The molecule has 2 nitrogen and oxygen atoms in total. The van der Waals surface area contributed by atoms with E-state index in [2.05, 4.69) is 60.7 Å². The number of nitrogens with one attached hydrogen (secondary N) is 1. The molecule has 0 aliphatic rings. The van der Waals surface area contributed by atoms with Gasteiger partial charge in [-0.3, -0.25) is 0 Å². The van der Waals surface area contributed by atoms with Gasteiger partial charge in [-0.25, -0.2) is 4.98 Å². The van der Waals surface area contributed by atoms with Crippen LogP contribution in [-0.4, -0.2) is 17.6 Å². The third-order valence-corrected chi connectivity index (χ3v) is 4.03. The van der Waals surface area contributed by atoms with Crippen LogP contribution in [0, 0.1) is 6.92 Å². The van der Waals surface area contributed by atoms with Crippen molar-refractivity contribution in [3.63, 3.8) is 0 Å².